The molecule has 5 aliphatic heterocycles. The van der Waals surface area contributed by atoms with Crippen molar-refractivity contribution < 1.29 is 9.84 Å². The van der Waals surface area contributed by atoms with Crippen molar-refractivity contribution in [3.05, 3.63) is 45.2 Å². The molecule has 6 heterocycles. The van der Waals surface area contributed by atoms with Gasteiger partial charge in [0, 0.05) is 64.0 Å². The minimum atomic E-state index is 0.159. The van der Waals surface area contributed by atoms with Crippen LogP contribution >= 0.6 is 22.6 Å². The number of ether oxygens (including phenoxy) is 1. The maximum atomic E-state index is 10.7. The molecule has 1 saturated carbocycles. The van der Waals surface area contributed by atoms with Gasteiger partial charge in [-0.1, -0.05) is 18.6 Å². The Kier molecular flexibility index (Phi) is 6.49. The molecular weight excluding hydrogens is 651 g/mol. The van der Waals surface area contributed by atoms with Gasteiger partial charge in [0.15, 0.2) is 0 Å². The second-order valence-electron chi connectivity index (χ2n) is 14.0. The fraction of sp³-hybridized carbons (Fsp3) is 0.588. The number of aromatic hydroxyl groups is 1. The lowest BCUT2D eigenvalue weighted by atomic mass is 9.90. The van der Waals surface area contributed by atoms with Crippen LogP contribution in [0.4, 0.5) is 11.5 Å². The Bertz CT molecular complexity index is 1570. The second-order valence-corrected chi connectivity index (χ2v) is 15.2. The zero-order valence-corrected chi connectivity index (χ0v) is 26.9. The molecule has 5 atom stereocenters. The maximum absolute atomic E-state index is 10.7. The highest BCUT2D eigenvalue weighted by atomic mass is 127. The van der Waals surface area contributed by atoms with Crippen LogP contribution in [0.25, 0.3) is 10.8 Å². The summed E-state index contributed by atoms with van der Waals surface area (Å²) in [4.78, 5) is 18.1. The Morgan fingerprint density at radius 3 is 2.79 bits per heavy atom. The van der Waals surface area contributed by atoms with Crippen LogP contribution in [-0.4, -0.2) is 76.4 Å². The van der Waals surface area contributed by atoms with Crippen molar-refractivity contribution in [2.45, 2.75) is 88.0 Å². The van der Waals surface area contributed by atoms with Crippen molar-refractivity contribution in [3.63, 3.8) is 0 Å². The van der Waals surface area contributed by atoms with Gasteiger partial charge in [-0.15, -0.1) is 0 Å². The molecule has 1 aliphatic carbocycles. The summed E-state index contributed by atoms with van der Waals surface area (Å²) >= 11 is 2.42. The summed E-state index contributed by atoms with van der Waals surface area (Å²) < 4.78 is 7.91. The number of fused-ring (bicyclic) bond motifs is 7. The predicted octanol–water partition coefficient (Wildman–Crippen LogP) is 5.23. The summed E-state index contributed by atoms with van der Waals surface area (Å²) in [7, 11) is 0. The minimum absolute atomic E-state index is 0.159. The van der Waals surface area contributed by atoms with E-state index in [4.69, 9.17) is 14.7 Å². The maximum Gasteiger partial charge on any atom is 0.318 e. The Balaban J connectivity index is 1.06. The molecular formula is C34H41IN6O2. The van der Waals surface area contributed by atoms with Crippen LogP contribution in [0.15, 0.2) is 30.3 Å². The number of nitrogens with one attached hydrogen (secondary N) is 1. The second kappa shape index (κ2) is 10.3. The lowest BCUT2D eigenvalue weighted by Crippen LogP contribution is -2.52. The highest BCUT2D eigenvalue weighted by molar-refractivity contribution is 14.1. The highest BCUT2D eigenvalue weighted by Crippen LogP contribution is 2.51. The zero-order valence-electron chi connectivity index (χ0n) is 24.8. The largest absolute Gasteiger partial charge is 0.508 e. The molecule has 3 aromatic rings. The first-order valence-electron chi connectivity index (χ1n) is 16.5. The molecule has 5 fully saturated rings. The van der Waals surface area contributed by atoms with Crippen LogP contribution in [0, 0.1) is 9.49 Å². The molecule has 2 aromatic carbocycles. The van der Waals surface area contributed by atoms with E-state index in [1.807, 2.05) is 12.1 Å². The molecule has 2 unspecified atom stereocenters. The average molecular weight is 693 g/mol. The third-order valence-electron chi connectivity index (χ3n) is 11.6. The Labute approximate surface area is 267 Å². The Morgan fingerprint density at radius 2 is 1.91 bits per heavy atom. The van der Waals surface area contributed by atoms with Gasteiger partial charge in [0.25, 0.3) is 0 Å². The number of phenols is 1. The van der Waals surface area contributed by atoms with Crippen molar-refractivity contribution in [2.75, 3.05) is 42.6 Å². The van der Waals surface area contributed by atoms with E-state index in [-0.39, 0.29) is 5.54 Å². The van der Waals surface area contributed by atoms with E-state index in [2.05, 4.69) is 60.8 Å². The summed E-state index contributed by atoms with van der Waals surface area (Å²) in [5.41, 5.74) is 3.59. The van der Waals surface area contributed by atoms with Gasteiger partial charge in [-0.3, -0.25) is 4.90 Å². The number of piperazine rings is 1. The number of hydrogen-bond donors (Lipinski definition) is 2. The third-order valence-corrected chi connectivity index (χ3v) is 12.5. The monoisotopic (exact) mass is 692 g/mol. The van der Waals surface area contributed by atoms with Crippen molar-refractivity contribution in [3.8, 4) is 11.8 Å². The molecule has 2 bridgehead atoms. The summed E-state index contributed by atoms with van der Waals surface area (Å²) in [6.07, 6.45) is 11.3. The smallest absolute Gasteiger partial charge is 0.318 e. The van der Waals surface area contributed by atoms with E-state index >= 15 is 0 Å². The van der Waals surface area contributed by atoms with Crippen molar-refractivity contribution in [1.82, 2.24) is 20.2 Å². The minimum Gasteiger partial charge on any atom is -0.508 e. The number of halogens is 1. The molecule has 43 heavy (non-hydrogen) atoms. The lowest BCUT2D eigenvalue weighted by molar-refractivity contribution is 0.0829. The summed E-state index contributed by atoms with van der Waals surface area (Å²) in [5.74, 6) is 2.24. The summed E-state index contributed by atoms with van der Waals surface area (Å²) in [5, 5.41) is 16.7. The van der Waals surface area contributed by atoms with Gasteiger partial charge < -0.3 is 25.0 Å². The number of nitrogens with zero attached hydrogens (tertiary/aromatic N) is 5. The van der Waals surface area contributed by atoms with E-state index < -0.39 is 0 Å². The van der Waals surface area contributed by atoms with Gasteiger partial charge in [-0.25, -0.2) is 0 Å². The Morgan fingerprint density at radius 1 is 1.02 bits per heavy atom. The number of rotatable bonds is 5. The summed E-state index contributed by atoms with van der Waals surface area (Å²) in [6, 6.07) is 12.5. The van der Waals surface area contributed by atoms with Crippen LogP contribution in [0.2, 0.25) is 0 Å². The van der Waals surface area contributed by atoms with Crippen LogP contribution in [0.5, 0.6) is 11.8 Å². The standard InChI is InChI=1S/C34H41IN6O2/c35-27-6-1-4-21-14-25(42)15-30(31(21)27)39-13-10-26-28(19-39)37-33(38-32(26)40-17-23-8-9-24(18-40)36-23)43-20-34-11-3-12-41(34)29-7-2-5-22(29)16-34/h1,4,6,14-15,22-24,29,36,42H,2-3,5,7-13,16-20H2/t22-,23?,24?,29-,34-/m0/s1. The Hall–Kier alpha value is -2.37. The number of anilines is 2. The first kappa shape index (κ1) is 27.0. The quantitative estimate of drug-likeness (QED) is 0.353. The third kappa shape index (κ3) is 4.50. The van der Waals surface area contributed by atoms with Crippen LogP contribution in [-0.2, 0) is 13.0 Å². The van der Waals surface area contributed by atoms with E-state index in [0.29, 0.717) is 37.0 Å². The molecule has 6 aliphatic rings. The van der Waals surface area contributed by atoms with E-state index in [0.717, 1.165) is 60.6 Å². The van der Waals surface area contributed by atoms with Gasteiger partial charge in [-0.05, 0) is 104 Å². The van der Waals surface area contributed by atoms with Crippen molar-refractivity contribution in [1.29, 1.82) is 0 Å². The molecule has 4 saturated heterocycles. The van der Waals surface area contributed by atoms with Crippen LogP contribution < -0.4 is 19.9 Å². The van der Waals surface area contributed by atoms with Gasteiger partial charge >= 0.3 is 6.01 Å². The number of aromatic nitrogens is 2. The fourth-order valence-corrected chi connectivity index (χ4v) is 10.5. The number of hydrogen-bond acceptors (Lipinski definition) is 8. The van der Waals surface area contributed by atoms with Gasteiger partial charge in [0.2, 0.25) is 0 Å². The molecule has 2 N–H and O–H groups in total. The van der Waals surface area contributed by atoms with Gasteiger partial charge in [0.1, 0.15) is 18.2 Å². The molecule has 0 spiro atoms. The molecule has 9 rings (SSSR count). The molecule has 226 valence electrons. The molecule has 8 nitrogen and oxygen atoms in total. The SMILES string of the molecule is Oc1cc(N2CCc3c(nc(OC[C@@]45CCCN4[C@H]4CCC[C@H]4C5)nc3N3CC4CCC(C3)N4)C2)c2c(I)cccc2c1. The topological polar surface area (TPSA) is 77.0 Å². The normalized spacial score (nSPS) is 31.5. The highest BCUT2D eigenvalue weighted by Gasteiger charge is 2.55. The summed E-state index contributed by atoms with van der Waals surface area (Å²) in [6.45, 7) is 5.47. The fourth-order valence-electron chi connectivity index (χ4n) is 9.75. The molecule has 0 radical (unpaired) electrons. The number of phenolic OH excluding ortho intramolecular Hbond substituents is 1. The first-order chi connectivity index (χ1) is 21.0. The van der Waals surface area contributed by atoms with Gasteiger partial charge in [0.05, 0.1) is 17.8 Å². The van der Waals surface area contributed by atoms with Crippen molar-refractivity contribution in [2.24, 2.45) is 5.92 Å². The molecule has 0 amide bonds. The van der Waals surface area contributed by atoms with Crippen LogP contribution in [0.3, 0.4) is 0 Å². The first-order valence-corrected chi connectivity index (χ1v) is 17.6. The average Bonchev–Trinajstić information content (AvgIpc) is 3.76. The van der Waals surface area contributed by atoms with Crippen LogP contribution in [0.1, 0.15) is 62.6 Å². The van der Waals surface area contributed by atoms with Crippen molar-refractivity contribution >= 4 is 44.9 Å². The predicted molar refractivity (Wildman–Crippen MR) is 177 cm³/mol. The van der Waals surface area contributed by atoms with E-state index in [9.17, 15) is 5.11 Å². The van der Waals surface area contributed by atoms with Gasteiger partial charge in [-0.2, -0.15) is 9.97 Å². The molecule has 1 aromatic heterocycles. The number of benzene rings is 2. The molecule has 9 heteroatoms. The zero-order chi connectivity index (χ0) is 28.7. The van der Waals surface area contributed by atoms with E-state index in [1.165, 1.54) is 72.4 Å². The van der Waals surface area contributed by atoms with E-state index in [1.54, 1.807) is 0 Å². The lowest BCUT2D eigenvalue weighted by Gasteiger charge is -2.38.